The van der Waals surface area contributed by atoms with Crippen LogP contribution in [0.25, 0.3) is 0 Å². The van der Waals surface area contributed by atoms with E-state index in [0.29, 0.717) is 26.2 Å². The molecule has 8 heteroatoms. The number of carbonyl (C=O) groups is 1. The highest BCUT2D eigenvalue weighted by Gasteiger charge is 2.24. The normalized spacial score (nSPS) is 14.5. The Labute approximate surface area is 137 Å². The number of aromatic nitrogens is 1. The molecule has 0 N–H and O–H groups in total. The maximum atomic E-state index is 13.7. The third-order valence-corrected chi connectivity index (χ3v) is 3.96. The lowest BCUT2D eigenvalue weighted by Crippen LogP contribution is -2.49. The molecule has 1 aromatic carbocycles. The molecule has 1 aromatic heterocycles. The van der Waals surface area contributed by atoms with Crippen molar-refractivity contribution in [3.8, 4) is 0 Å². The average molecular weight is 330 g/mol. The molecule has 0 saturated carbocycles. The summed E-state index contributed by atoms with van der Waals surface area (Å²) in [6.45, 7) is 2.01. The van der Waals surface area contributed by atoms with E-state index in [1.165, 1.54) is 24.4 Å². The Morgan fingerprint density at radius 1 is 1.12 bits per heavy atom. The van der Waals surface area contributed by atoms with Crippen LogP contribution in [0.4, 0.5) is 15.9 Å². The molecule has 24 heavy (non-hydrogen) atoms. The molecule has 1 amide bonds. The molecule has 1 aliphatic heterocycles. The van der Waals surface area contributed by atoms with Gasteiger partial charge in [-0.2, -0.15) is 0 Å². The number of anilines is 1. The highest BCUT2D eigenvalue weighted by molar-refractivity contribution is 5.94. The molecule has 0 aliphatic carbocycles. The molecule has 124 valence electrons. The van der Waals surface area contributed by atoms with E-state index in [4.69, 9.17) is 0 Å². The molecule has 7 nitrogen and oxygen atoms in total. The second-order valence-corrected chi connectivity index (χ2v) is 5.39. The third kappa shape index (κ3) is 3.17. The summed E-state index contributed by atoms with van der Waals surface area (Å²) in [7, 11) is 0. The SMILES string of the molecule is O=C(c1ccccc1F)N1CCN(c2ccc([N+](=O)[O-])nc2)CC1. The zero-order chi connectivity index (χ0) is 17.1. The van der Waals surface area contributed by atoms with Crippen LogP contribution in [0.15, 0.2) is 42.6 Å². The van der Waals surface area contributed by atoms with Crippen molar-refractivity contribution in [2.45, 2.75) is 0 Å². The van der Waals surface area contributed by atoms with Crippen molar-refractivity contribution < 1.29 is 14.1 Å². The Kier molecular flexibility index (Phi) is 4.37. The summed E-state index contributed by atoms with van der Waals surface area (Å²) in [6, 6.07) is 8.92. The predicted molar refractivity (Wildman–Crippen MR) is 85.4 cm³/mol. The van der Waals surface area contributed by atoms with Crippen LogP contribution >= 0.6 is 0 Å². The molecule has 2 heterocycles. The van der Waals surface area contributed by atoms with Gasteiger partial charge >= 0.3 is 5.82 Å². The molecule has 0 radical (unpaired) electrons. The van der Waals surface area contributed by atoms with Crippen LogP contribution in [0.2, 0.25) is 0 Å². The minimum atomic E-state index is -0.547. The predicted octanol–water partition coefficient (Wildman–Crippen LogP) is 2.09. The number of carbonyl (C=O) groups excluding carboxylic acids is 1. The van der Waals surface area contributed by atoms with Crippen LogP contribution < -0.4 is 4.90 Å². The number of hydrogen-bond donors (Lipinski definition) is 0. The Morgan fingerprint density at radius 2 is 1.83 bits per heavy atom. The van der Waals surface area contributed by atoms with Crippen molar-refractivity contribution in [1.29, 1.82) is 0 Å². The molecule has 1 fully saturated rings. The molecule has 1 saturated heterocycles. The van der Waals surface area contributed by atoms with Gasteiger partial charge in [-0.1, -0.05) is 12.1 Å². The zero-order valence-corrected chi connectivity index (χ0v) is 12.8. The topological polar surface area (TPSA) is 79.6 Å². The molecule has 0 spiro atoms. The fourth-order valence-electron chi connectivity index (χ4n) is 2.65. The molecule has 0 unspecified atom stereocenters. The van der Waals surface area contributed by atoms with Crippen LogP contribution in [-0.2, 0) is 0 Å². The van der Waals surface area contributed by atoms with Gasteiger partial charge in [0.15, 0.2) is 6.20 Å². The number of hydrogen-bond acceptors (Lipinski definition) is 5. The summed E-state index contributed by atoms with van der Waals surface area (Å²) in [6.07, 6.45) is 1.45. The van der Waals surface area contributed by atoms with Crippen LogP contribution in [-0.4, -0.2) is 46.9 Å². The number of benzene rings is 1. The van der Waals surface area contributed by atoms with E-state index < -0.39 is 10.7 Å². The lowest BCUT2D eigenvalue weighted by molar-refractivity contribution is -0.389. The number of nitrogens with zero attached hydrogens (tertiary/aromatic N) is 4. The minimum absolute atomic E-state index is 0.0722. The fraction of sp³-hybridized carbons (Fsp3) is 0.250. The first-order valence-electron chi connectivity index (χ1n) is 7.45. The van der Waals surface area contributed by atoms with Gasteiger partial charge in [-0.15, -0.1) is 0 Å². The Bertz CT molecular complexity index is 758. The van der Waals surface area contributed by atoms with Gasteiger partial charge in [-0.25, -0.2) is 4.39 Å². The molecule has 0 atom stereocenters. The number of rotatable bonds is 3. The van der Waals surface area contributed by atoms with Gasteiger partial charge in [-0.05, 0) is 28.1 Å². The van der Waals surface area contributed by atoms with Crippen LogP contribution in [0, 0.1) is 15.9 Å². The van der Waals surface area contributed by atoms with Gasteiger partial charge in [0.1, 0.15) is 5.82 Å². The van der Waals surface area contributed by atoms with E-state index >= 15 is 0 Å². The second kappa shape index (κ2) is 6.61. The average Bonchev–Trinajstić information content (AvgIpc) is 2.62. The number of piperazine rings is 1. The Balaban J connectivity index is 1.64. The first-order valence-corrected chi connectivity index (χ1v) is 7.45. The summed E-state index contributed by atoms with van der Waals surface area (Å²) in [5.74, 6) is -1.05. The zero-order valence-electron chi connectivity index (χ0n) is 12.8. The third-order valence-electron chi connectivity index (χ3n) is 3.96. The summed E-state index contributed by atoms with van der Waals surface area (Å²) in [4.78, 5) is 29.8. The van der Waals surface area contributed by atoms with Gasteiger partial charge in [0, 0.05) is 32.2 Å². The standard InChI is InChI=1S/C16H15FN4O3/c17-14-4-2-1-3-13(14)16(22)20-9-7-19(8-10-20)12-5-6-15(18-11-12)21(23)24/h1-6,11H,7-10H2. The summed E-state index contributed by atoms with van der Waals surface area (Å²) in [5.41, 5.74) is 0.835. The minimum Gasteiger partial charge on any atom is -0.365 e. The van der Waals surface area contributed by atoms with E-state index in [0.717, 1.165) is 5.69 Å². The maximum absolute atomic E-state index is 13.7. The highest BCUT2D eigenvalue weighted by atomic mass is 19.1. The summed E-state index contributed by atoms with van der Waals surface area (Å²) in [5, 5.41) is 10.6. The van der Waals surface area contributed by atoms with Gasteiger partial charge in [0.05, 0.1) is 11.3 Å². The van der Waals surface area contributed by atoms with E-state index in [1.807, 2.05) is 4.90 Å². The van der Waals surface area contributed by atoms with Crippen molar-refractivity contribution in [3.05, 3.63) is 64.1 Å². The number of pyridine rings is 1. The summed E-state index contributed by atoms with van der Waals surface area (Å²) < 4.78 is 13.7. The number of amides is 1. The van der Waals surface area contributed by atoms with Crippen LogP contribution in [0.1, 0.15) is 10.4 Å². The first-order chi connectivity index (χ1) is 11.6. The number of halogens is 1. The van der Waals surface area contributed by atoms with Crippen LogP contribution in [0.5, 0.6) is 0 Å². The van der Waals surface area contributed by atoms with E-state index in [9.17, 15) is 19.3 Å². The smallest absolute Gasteiger partial charge is 0.363 e. The van der Waals surface area contributed by atoms with Crippen molar-refractivity contribution >= 4 is 17.4 Å². The molecular formula is C16H15FN4O3. The monoisotopic (exact) mass is 330 g/mol. The van der Waals surface area contributed by atoms with Gasteiger partial charge in [0.2, 0.25) is 0 Å². The molecule has 3 rings (SSSR count). The van der Waals surface area contributed by atoms with E-state index in [2.05, 4.69) is 4.98 Å². The quantitative estimate of drug-likeness (QED) is 0.636. The van der Waals surface area contributed by atoms with Gasteiger partial charge in [-0.3, -0.25) is 4.79 Å². The van der Waals surface area contributed by atoms with Crippen molar-refractivity contribution in [1.82, 2.24) is 9.88 Å². The first kappa shape index (κ1) is 15.9. The fourth-order valence-corrected chi connectivity index (χ4v) is 2.65. The maximum Gasteiger partial charge on any atom is 0.363 e. The molecule has 0 bridgehead atoms. The van der Waals surface area contributed by atoms with Gasteiger partial charge < -0.3 is 19.9 Å². The molecular weight excluding hydrogens is 315 g/mol. The largest absolute Gasteiger partial charge is 0.365 e. The van der Waals surface area contributed by atoms with E-state index in [1.54, 1.807) is 23.1 Å². The molecule has 1 aliphatic rings. The van der Waals surface area contributed by atoms with Crippen LogP contribution in [0.3, 0.4) is 0 Å². The summed E-state index contributed by atoms with van der Waals surface area (Å²) >= 11 is 0. The lowest BCUT2D eigenvalue weighted by Gasteiger charge is -2.35. The Hall–Kier alpha value is -3.03. The second-order valence-electron chi connectivity index (χ2n) is 5.39. The number of nitro groups is 1. The van der Waals surface area contributed by atoms with Crippen molar-refractivity contribution in [2.24, 2.45) is 0 Å². The van der Waals surface area contributed by atoms with Crippen molar-refractivity contribution in [3.63, 3.8) is 0 Å². The van der Waals surface area contributed by atoms with Crippen molar-refractivity contribution in [2.75, 3.05) is 31.1 Å². The Morgan fingerprint density at radius 3 is 2.42 bits per heavy atom. The molecule has 2 aromatic rings. The lowest BCUT2D eigenvalue weighted by atomic mass is 10.1. The highest BCUT2D eigenvalue weighted by Crippen LogP contribution is 2.19. The van der Waals surface area contributed by atoms with Gasteiger partial charge in [0.25, 0.3) is 5.91 Å². The van der Waals surface area contributed by atoms with E-state index in [-0.39, 0.29) is 17.3 Å².